The van der Waals surface area contributed by atoms with Gasteiger partial charge < -0.3 is 15.6 Å². The van der Waals surface area contributed by atoms with Crippen molar-refractivity contribution in [2.75, 3.05) is 17.2 Å². The summed E-state index contributed by atoms with van der Waals surface area (Å²) in [5.74, 6) is 0.963. The highest BCUT2D eigenvalue weighted by molar-refractivity contribution is 5.99. The molecule has 0 aliphatic heterocycles. The van der Waals surface area contributed by atoms with Crippen molar-refractivity contribution in [1.29, 1.82) is 0 Å². The fourth-order valence-corrected chi connectivity index (χ4v) is 1.99. The summed E-state index contributed by atoms with van der Waals surface area (Å²) in [6.45, 7) is 2.73. The Bertz CT molecular complexity index is 696. The number of aryl methyl sites for hydroxylation is 1. The summed E-state index contributed by atoms with van der Waals surface area (Å²) in [7, 11) is 0. The molecule has 0 spiro atoms. The van der Waals surface area contributed by atoms with E-state index in [0.29, 0.717) is 24.7 Å². The van der Waals surface area contributed by atoms with Gasteiger partial charge in [0.2, 0.25) is 0 Å². The van der Waals surface area contributed by atoms with Crippen LogP contribution >= 0.6 is 0 Å². The minimum atomic E-state index is -4.47. The first-order valence-electron chi connectivity index (χ1n) is 6.78. The second kappa shape index (κ2) is 6.69. The molecule has 0 fully saturated rings. The maximum Gasteiger partial charge on any atom is 0.416 e. The molecule has 0 aliphatic carbocycles. The Morgan fingerprint density at radius 2 is 2.09 bits per heavy atom. The van der Waals surface area contributed by atoms with Crippen molar-refractivity contribution in [2.45, 2.75) is 19.6 Å². The van der Waals surface area contributed by atoms with Gasteiger partial charge >= 0.3 is 12.2 Å². The summed E-state index contributed by atoms with van der Waals surface area (Å²) >= 11 is 0. The molecule has 23 heavy (non-hydrogen) atoms. The summed E-state index contributed by atoms with van der Waals surface area (Å²) in [6, 6.07) is 3.70. The lowest BCUT2D eigenvalue weighted by molar-refractivity contribution is -0.137. The molecule has 0 unspecified atom stereocenters. The largest absolute Gasteiger partial charge is 0.416 e. The predicted molar refractivity (Wildman–Crippen MR) is 80.1 cm³/mol. The van der Waals surface area contributed by atoms with Crippen molar-refractivity contribution in [2.24, 2.45) is 5.73 Å². The summed E-state index contributed by atoms with van der Waals surface area (Å²) in [5, 5.41) is 4.80. The number of nitrogens with zero attached hydrogens (tertiary/aromatic N) is 2. The number of benzene rings is 1. The van der Waals surface area contributed by atoms with Gasteiger partial charge in [0, 0.05) is 25.0 Å². The van der Waals surface area contributed by atoms with E-state index < -0.39 is 17.8 Å². The molecule has 2 rings (SSSR count). The zero-order chi connectivity index (χ0) is 17.0. The van der Waals surface area contributed by atoms with Crippen LogP contribution in [-0.4, -0.2) is 22.1 Å². The topological polar surface area (TPSA) is 85.0 Å². The third kappa shape index (κ3) is 4.46. The van der Waals surface area contributed by atoms with Gasteiger partial charge in [-0.1, -0.05) is 6.07 Å². The molecule has 9 heteroatoms. The van der Waals surface area contributed by atoms with Gasteiger partial charge in [-0.3, -0.25) is 5.32 Å². The average molecular weight is 327 g/mol. The number of carbonyl (C=O) groups is 1. The second-order valence-corrected chi connectivity index (χ2v) is 4.81. The minimum absolute atomic E-state index is 0.0374. The SMILES string of the molecule is Cc1nc(NC(=O)Nc2cccc(C(F)(F)F)c2)cn1CCN. The highest BCUT2D eigenvalue weighted by atomic mass is 19.4. The van der Waals surface area contributed by atoms with E-state index in [0.717, 1.165) is 12.1 Å². The number of urea groups is 1. The normalized spacial score (nSPS) is 11.3. The number of anilines is 2. The molecule has 0 atom stereocenters. The molecule has 0 saturated carbocycles. The molecule has 4 N–H and O–H groups in total. The third-order valence-corrected chi connectivity index (χ3v) is 3.04. The van der Waals surface area contributed by atoms with Crippen molar-refractivity contribution >= 4 is 17.5 Å². The van der Waals surface area contributed by atoms with E-state index >= 15 is 0 Å². The second-order valence-electron chi connectivity index (χ2n) is 4.81. The lowest BCUT2D eigenvalue weighted by Gasteiger charge is -2.10. The number of carbonyl (C=O) groups excluding carboxylic acids is 1. The molecule has 0 saturated heterocycles. The van der Waals surface area contributed by atoms with Crippen molar-refractivity contribution in [3.63, 3.8) is 0 Å². The van der Waals surface area contributed by atoms with Crippen LogP contribution in [0.5, 0.6) is 0 Å². The van der Waals surface area contributed by atoms with Gasteiger partial charge in [-0.05, 0) is 25.1 Å². The van der Waals surface area contributed by atoms with Crippen LogP contribution in [0.25, 0.3) is 0 Å². The fourth-order valence-electron chi connectivity index (χ4n) is 1.99. The monoisotopic (exact) mass is 327 g/mol. The van der Waals surface area contributed by atoms with Gasteiger partial charge in [0.25, 0.3) is 0 Å². The van der Waals surface area contributed by atoms with E-state index in [9.17, 15) is 18.0 Å². The number of nitrogens with one attached hydrogen (secondary N) is 2. The fraction of sp³-hybridized carbons (Fsp3) is 0.286. The highest BCUT2D eigenvalue weighted by Gasteiger charge is 2.30. The Hall–Kier alpha value is -2.55. The number of alkyl halides is 3. The van der Waals surface area contributed by atoms with Crippen LogP contribution in [0.4, 0.5) is 29.5 Å². The molecule has 0 bridgehead atoms. The number of nitrogens with two attached hydrogens (primary N) is 1. The van der Waals surface area contributed by atoms with Gasteiger partial charge in [0.15, 0.2) is 5.82 Å². The third-order valence-electron chi connectivity index (χ3n) is 3.04. The lowest BCUT2D eigenvalue weighted by atomic mass is 10.2. The molecule has 2 aromatic rings. The van der Waals surface area contributed by atoms with Crippen molar-refractivity contribution in [3.8, 4) is 0 Å². The van der Waals surface area contributed by atoms with Crippen LogP contribution in [-0.2, 0) is 12.7 Å². The smallest absolute Gasteiger partial charge is 0.332 e. The van der Waals surface area contributed by atoms with Crippen molar-refractivity contribution in [3.05, 3.63) is 41.9 Å². The molecular formula is C14H16F3N5O. The van der Waals surface area contributed by atoms with E-state index in [-0.39, 0.29) is 5.69 Å². The Labute approximate surface area is 130 Å². The van der Waals surface area contributed by atoms with Crippen LogP contribution in [0.2, 0.25) is 0 Å². The van der Waals surface area contributed by atoms with Gasteiger partial charge in [-0.25, -0.2) is 9.78 Å². The molecule has 1 aromatic heterocycles. The molecule has 1 aromatic carbocycles. The highest BCUT2D eigenvalue weighted by Crippen LogP contribution is 2.30. The first-order chi connectivity index (χ1) is 10.8. The van der Waals surface area contributed by atoms with E-state index in [4.69, 9.17) is 5.73 Å². The molecule has 1 heterocycles. The van der Waals surface area contributed by atoms with Crippen molar-refractivity contribution in [1.82, 2.24) is 9.55 Å². The summed E-state index contributed by atoms with van der Waals surface area (Å²) in [6.07, 6.45) is -2.86. The van der Waals surface area contributed by atoms with E-state index in [2.05, 4.69) is 15.6 Å². The van der Waals surface area contributed by atoms with E-state index in [1.54, 1.807) is 17.7 Å². The number of halogens is 3. The summed E-state index contributed by atoms with van der Waals surface area (Å²) < 4.78 is 39.6. The van der Waals surface area contributed by atoms with Gasteiger partial charge in [-0.15, -0.1) is 0 Å². The number of amides is 2. The van der Waals surface area contributed by atoms with Crippen LogP contribution in [0.15, 0.2) is 30.5 Å². The summed E-state index contributed by atoms with van der Waals surface area (Å²) in [4.78, 5) is 16.0. The number of hydrogen-bond donors (Lipinski definition) is 3. The Balaban J connectivity index is 2.04. The molecular weight excluding hydrogens is 311 g/mol. The minimum Gasteiger partial charge on any atom is -0.332 e. The Morgan fingerprint density at radius 3 is 2.74 bits per heavy atom. The number of hydrogen-bond acceptors (Lipinski definition) is 3. The molecule has 0 aliphatic rings. The molecule has 0 radical (unpaired) electrons. The van der Waals surface area contributed by atoms with E-state index in [1.165, 1.54) is 12.1 Å². The van der Waals surface area contributed by atoms with Crippen LogP contribution < -0.4 is 16.4 Å². The Kier molecular flexibility index (Phi) is 4.89. The summed E-state index contributed by atoms with van der Waals surface area (Å²) in [5.41, 5.74) is 4.65. The van der Waals surface area contributed by atoms with Crippen LogP contribution in [0.3, 0.4) is 0 Å². The standard InChI is InChI=1S/C14H16F3N5O/c1-9-19-12(8-22(9)6-5-18)21-13(23)20-11-4-2-3-10(7-11)14(15,16)17/h2-4,7-8H,5-6,18H2,1H3,(H2,20,21,23). The first kappa shape index (κ1) is 16.8. The number of rotatable bonds is 4. The molecule has 124 valence electrons. The molecule has 2 amide bonds. The molecule has 6 nitrogen and oxygen atoms in total. The zero-order valence-electron chi connectivity index (χ0n) is 12.3. The van der Waals surface area contributed by atoms with Gasteiger partial charge in [0.05, 0.1) is 5.56 Å². The zero-order valence-corrected chi connectivity index (χ0v) is 12.3. The maximum atomic E-state index is 12.6. The van der Waals surface area contributed by atoms with Gasteiger partial charge in [0.1, 0.15) is 5.82 Å². The maximum absolute atomic E-state index is 12.6. The van der Waals surface area contributed by atoms with Gasteiger partial charge in [-0.2, -0.15) is 13.2 Å². The lowest BCUT2D eigenvalue weighted by Crippen LogP contribution is -2.20. The number of imidazole rings is 1. The average Bonchev–Trinajstić information content (AvgIpc) is 2.78. The Morgan fingerprint density at radius 1 is 1.35 bits per heavy atom. The number of aromatic nitrogens is 2. The first-order valence-corrected chi connectivity index (χ1v) is 6.78. The quantitative estimate of drug-likeness (QED) is 0.807. The predicted octanol–water partition coefficient (Wildman–Crippen LogP) is 2.81. The van der Waals surface area contributed by atoms with E-state index in [1.807, 2.05) is 0 Å². The van der Waals surface area contributed by atoms with Crippen LogP contribution in [0, 0.1) is 6.92 Å². The van der Waals surface area contributed by atoms with Crippen molar-refractivity contribution < 1.29 is 18.0 Å². The van der Waals surface area contributed by atoms with Crippen LogP contribution in [0.1, 0.15) is 11.4 Å².